The van der Waals surface area contributed by atoms with Gasteiger partial charge in [-0.2, -0.15) is 11.3 Å². The quantitative estimate of drug-likeness (QED) is 0.908. The summed E-state index contributed by atoms with van der Waals surface area (Å²) in [5.41, 5.74) is 7.12. The first-order valence-corrected chi connectivity index (χ1v) is 7.13. The Morgan fingerprint density at radius 1 is 1.29 bits per heavy atom. The smallest absolute Gasteiger partial charge is 0.119 e. The second-order valence-electron chi connectivity index (χ2n) is 3.55. The lowest BCUT2D eigenvalue weighted by Crippen LogP contribution is -2.18. The first kappa shape index (κ1) is 12.9. The van der Waals surface area contributed by atoms with Crippen LogP contribution in [0.3, 0.4) is 0 Å². The number of halogens is 2. The molecule has 5 heteroatoms. The number of hydrogen-bond acceptors (Lipinski definition) is 3. The van der Waals surface area contributed by atoms with E-state index in [1.54, 1.807) is 23.5 Å². The van der Waals surface area contributed by atoms with Crippen molar-refractivity contribution in [3.8, 4) is 5.75 Å². The van der Waals surface area contributed by atoms with E-state index in [0.29, 0.717) is 11.6 Å². The molecular formula is C12H11BrClNOS. The van der Waals surface area contributed by atoms with Crippen LogP contribution in [-0.2, 0) is 0 Å². The maximum absolute atomic E-state index is 6.04. The molecule has 90 valence electrons. The molecule has 0 bridgehead atoms. The van der Waals surface area contributed by atoms with Gasteiger partial charge in [-0.15, -0.1) is 0 Å². The monoisotopic (exact) mass is 331 g/mol. The molecule has 0 saturated heterocycles. The summed E-state index contributed by atoms with van der Waals surface area (Å²) in [4.78, 5) is 0. The number of nitrogens with two attached hydrogens (primary N) is 1. The summed E-state index contributed by atoms with van der Waals surface area (Å²) in [5.74, 6) is 0.774. The number of benzene rings is 1. The molecule has 2 rings (SSSR count). The van der Waals surface area contributed by atoms with Crippen molar-refractivity contribution >= 4 is 38.9 Å². The molecule has 1 heterocycles. The molecule has 0 radical (unpaired) electrons. The molecule has 0 spiro atoms. The predicted molar refractivity (Wildman–Crippen MR) is 75.9 cm³/mol. The molecule has 0 aliphatic heterocycles. The topological polar surface area (TPSA) is 35.2 Å². The molecule has 0 amide bonds. The zero-order valence-corrected chi connectivity index (χ0v) is 12.1. The van der Waals surface area contributed by atoms with Gasteiger partial charge in [-0.3, -0.25) is 0 Å². The molecule has 17 heavy (non-hydrogen) atoms. The second kappa shape index (κ2) is 5.87. The summed E-state index contributed by atoms with van der Waals surface area (Å²) in [6.07, 6.45) is 0. The van der Waals surface area contributed by atoms with Crippen LogP contribution in [0.4, 0.5) is 0 Å². The van der Waals surface area contributed by atoms with Crippen LogP contribution in [0.25, 0.3) is 0 Å². The third-order valence-electron chi connectivity index (χ3n) is 2.28. The Labute approximate surface area is 117 Å². The van der Waals surface area contributed by atoms with Crippen molar-refractivity contribution in [2.45, 2.75) is 6.04 Å². The third-order valence-corrected chi connectivity index (χ3v) is 4.29. The fraction of sp³-hybridized carbons (Fsp3) is 0.167. The summed E-state index contributed by atoms with van der Waals surface area (Å²) in [6, 6.07) is 7.12. The average Bonchev–Trinajstić information content (AvgIpc) is 2.74. The van der Waals surface area contributed by atoms with Crippen molar-refractivity contribution in [3.05, 3.63) is 50.1 Å². The van der Waals surface area contributed by atoms with Gasteiger partial charge in [0.1, 0.15) is 12.4 Å². The Hall–Kier alpha value is -0.550. The highest BCUT2D eigenvalue weighted by Gasteiger charge is 2.11. The van der Waals surface area contributed by atoms with Gasteiger partial charge in [0.15, 0.2) is 0 Å². The van der Waals surface area contributed by atoms with E-state index in [2.05, 4.69) is 15.9 Å². The minimum Gasteiger partial charge on any atom is -0.492 e. The van der Waals surface area contributed by atoms with Crippen molar-refractivity contribution < 1.29 is 4.74 Å². The van der Waals surface area contributed by atoms with Crippen molar-refractivity contribution in [2.75, 3.05) is 6.61 Å². The number of hydrogen-bond donors (Lipinski definition) is 1. The number of ether oxygens (including phenoxy) is 1. The lowest BCUT2D eigenvalue weighted by Gasteiger charge is -2.12. The normalized spacial score (nSPS) is 12.4. The Balaban J connectivity index is 1.94. The molecular weight excluding hydrogens is 322 g/mol. The van der Waals surface area contributed by atoms with Gasteiger partial charge in [0, 0.05) is 14.9 Å². The lowest BCUT2D eigenvalue weighted by atomic mass is 10.2. The van der Waals surface area contributed by atoms with Crippen LogP contribution in [0, 0.1) is 0 Å². The van der Waals surface area contributed by atoms with Crippen LogP contribution >= 0.6 is 38.9 Å². The van der Waals surface area contributed by atoms with E-state index in [0.717, 1.165) is 15.8 Å². The van der Waals surface area contributed by atoms with Gasteiger partial charge < -0.3 is 10.5 Å². The average molecular weight is 333 g/mol. The Bertz CT molecular complexity index is 486. The highest BCUT2D eigenvalue weighted by Crippen LogP contribution is 2.26. The molecule has 2 N–H and O–H groups in total. The van der Waals surface area contributed by atoms with Crippen LogP contribution in [0.15, 0.2) is 39.5 Å². The molecule has 0 fully saturated rings. The van der Waals surface area contributed by atoms with Crippen molar-refractivity contribution in [1.29, 1.82) is 0 Å². The molecule has 1 unspecified atom stereocenters. The van der Waals surface area contributed by atoms with Gasteiger partial charge in [0.05, 0.1) is 6.04 Å². The van der Waals surface area contributed by atoms with Crippen LogP contribution in [-0.4, -0.2) is 6.61 Å². The summed E-state index contributed by atoms with van der Waals surface area (Å²) in [7, 11) is 0. The van der Waals surface area contributed by atoms with Gasteiger partial charge in [-0.1, -0.05) is 11.6 Å². The maximum atomic E-state index is 6.04. The molecule has 2 aromatic rings. The largest absolute Gasteiger partial charge is 0.492 e. The molecule has 0 saturated carbocycles. The van der Waals surface area contributed by atoms with Gasteiger partial charge >= 0.3 is 0 Å². The zero-order chi connectivity index (χ0) is 12.3. The fourth-order valence-electron chi connectivity index (χ4n) is 1.36. The molecule has 1 atom stereocenters. The van der Waals surface area contributed by atoms with Crippen molar-refractivity contribution in [2.24, 2.45) is 5.73 Å². The van der Waals surface area contributed by atoms with E-state index < -0.39 is 0 Å². The fourth-order valence-corrected chi connectivity index (χ4v) is 3.14. The Morgan fingerprint density at radius 3 is 2.59 bits per heavy atom. The molecule has 0 aliphatic carbocycles. The Kier molecular flexibility index (Phi) is 4.45. The minimum atomic E-state index is -0.133. The molecule has 1 aromatic carbocycles. The molecule has 1 aromatic heterocycles. The van der Waals surface area contributed by atoms with Gasteiger partial charge in [0.25, 0.3) is 0 Å². The predicted octanol–water partition coefficient (Wildman–Crippen LogP) is 4.24. The first-order chi connectivity index (χ1) is 8.16. The van der Waals surface area contributed by atoms with E-state index in [1.807, 2.05) is 22.9 Å². The van der Waals surface area contributed by atoms with E-state index in [9.17, 15) is 0 Å². The molecule has 0 aliphatic rings. The standard InChI is InChI=1S/C12H11BrClNOS/c13-11-7-17-6-10(11)12(15)5-16-9-3-1-8(14)2-4-9/h1-4,6-7,12H,5,15H2. The molecule has 2 nitrogen and oxygen atoms in total. The second-order valence-corrected chi connectivity index (χ2v) is 5.58. The van der Waals surface area contributed by atoms with E-state index in [1.165, 1.54) is 0 Å². The number of rotatable bonds is 4. The van der Waals surface area contributed by atoms with Crippen LogP contribution in [0.5, 0.6) is 5.75 Å². The zero-order valence-electron chi connectivity index (χ0n) is 8.90. The summed E-state index contributed by atoms with van der Waals surface area (Å²) in [6.45, 7) is 0.441. The van der Waals surface area contributed by atoms with E-state index >= 15 is 0 Å². The van der Waals surface area contributed by atoms with Gasteiger partial charge in [0.2, 0.25) is 0 Å². The number of thiophene rings is 1. The van der Waals surface area contributed by atoms with Gasteiger partial charge in [-0.25, -0.2) is 0 Å². The SMILES string of the molecule is NC(COc1ccc(Cl)cc1)c1cscc1Br. The maximum Gasteiger partial charge on any atom is 0.119 e. The van der Waals surface area contributed by atoms with Crippen molar-refractivity contribution in [1.82, 2.24) is 0 Å². The van der Waals surface area contributed by atoms with E-state index in [4.69, 9.17) is 22.1 Å². The van der Waals surface area contributed by atoms with Crippen LogP contribution in [0.1, 0.15) is 11.6 Å². The highest BCUT2D eigenvalue weighted by atomic mass is 79.9. The first-order valence-electron chi connectivity index (χ1n) is 5.02. The summed E-state index contributed by atoms with van der Waals surface area (Å²) < 4.78 is 6.64. The summed E-state index contributed by atoms with van der Waals surface area (Å²) >= 11 is 10.9. The van der Waals surface area contributed by atoms with Crippen LogP contribution in [0.2, 0.25) is 5.02 Å². The van der Waals surface area contributed by atoms with Gasteiger partial charge in [-0.05, 0) is 51.1 Å². The highest BCUT2D eigenvalue weighted by molar-refractivity contribution is 9.10. The lowest BCUT2D eigenvalue weighted by molar-refractivity contribution is 0.290. The van der Waals surface area contributed by atoms with Crippen molar-refractivity contribution in [3.63, 3.8) is 0 Å². The minimum absolute atomic E-state index is 0.133. The van der Waals surface area contributed by atoms with Crippen LogP contribution < -0.4 is 10.5 Å². The van der Waals surface area contributed by atoms with E-state index in [-0.39, 0.29) is 6.04 Å². The third kappa shape index (κ3) is 3.45. The Morgan fingerprint density at radius 2 is 2.00 bits per heavy atom. The summed E-state index contributed by atoms with van der Waals surface area (Å²) in [5, 5.41) is 4.74.